The Labute approximate surface area is 169 Å². The Kier molecular flexibility index (Phi) is 5.10. The molecule has 1 atom stereocenters. The maximum atomic E-state index is 13.0. The van der Waals surface area contributed by atoms with Gasteiger partial charge in [-0.1, -0.05) is 0 Å². The summed E-state index contributed by atoms with van der Waals surface area (Å²) in [5.74, 6) is 2.07. The molecular weight excluding hydrogens is 372 g/mol. The van der Waals surface area contributed by atoms with Gasteiger partial charge in [0.25, 0.3) is 0 Å². The van der Waals surface area contributed by atoms with E-state index in [1.807, 2.05) is 31.0 Å². The molecular formula is C21H26N4O2S. The first-order valence-electron chi connectivity index (χ1n) is 9.73. The van der Waals surface area contributed by atoms with Gasteiger partial charge in [-0.2, -0.15) is 0 Å². The predicted octanol–water partition coefficient (Wildman–Crippen LogP) is 4.34. The van der Waals surface area contributed by atoms with Gasteiger partial charge >= 0.3 is 0 Å². The summed E-state index contributed by atoms with van der Waals surface area (Å²) in [5.41, 5.74) is 1.26. The number of amides is 1. The monoisotopic (exact) mass is 398 g/mol. The number of nitrogens with zero attached hydrogens (tertiary/aromatic N) is 4. The number of rotatable bonds is 4. The van der Waals surface area contributed by atoms with Crippen LogP contribution in [0, 0.1) is 19.8 Å². The highest BCUT2D eigenvalue weighted by molar-refractivity contribution is 7.18. The van der Waals surface area contributed by atoms with E-state index in [-0.39, 0.29) is 17.9 Å². The smallest absolute Gasteiger partial charge is 0.226 e. The Morgan fingerprint density at radius 1 is 1.32 bits per heavy atom. The molecule has 1 saturated heterocycles. The predicted molar refractivity (Wildman–Crippen MR) is 112 cm³/mol. The molecule has 0 N–H and O–H groups in total. The zero-order valence-corrected chi connectivity index (χ0v) is 17.6. The number of anilines is 1. The van der Waals surface area contributed by atoms with Crippen LogP contribution >= 0.6 is 11.3 Å². The molecule has 4 rings (SSSR count). The average Bonchev–Trinajstić information content (AvgIpc) is 3.35. The van der Waals surface area contributed by atoms with Crippen LogP contribution in [0.5, 0.6) is 0 Å². The van der Waals surface area contributed by atoms with E-state index < -0.39 is 0 Å². The Hall–Kier alpha value is -2.41. The zero-order valence-electron chi connectivity index (χ0n) is 16.8. The van der Waals surface area contributed by atoms with Crippen molar-refractivity contribution in [3.63, 3.8) is 0 Å². The minimum atomic E-state index is -0.0570. The van der Waals surface area contributed by atoms with Crippen molar-refractivity contribution >= 4 is 33.3 Å². The first-order valence-corrected chi connectivity index (χ1v) is 10.5. The van der Waals surface area contributed by atoms with Gasteiger partial charge in [-0.25, -0.2) is 9.97 Å². The molecule has 148 valence electrons. The lowest BCUT2D eigenvalue weighted by atomic mass is 9.94. The molecule has 4 heterocycles. The number of piperidine rings is 1. The van der Waals surface area contributed by atoms with E-state index in [9.17, 15) is 4.79 Å². The number of fused-ring (bicyclic) bond motifs is 1. The van der Waals surface area contributed by atoms with Crippen LogP contribution in [-0.2, 0) is 4.79 Å². The van der Waals surface area contributed by atoms with Gasteiger partial charge in [-0.3, -0.25) is 4.79 Å². The molecule has 0 spiro atoms. The minimum absolute atomic E-state index is 0.0429. The lowest BCUT2D eigenvalue weighted by molar-refractivity contribution is -0.137. The Morgan fingerprint density at radius 2 is 2.07 bits per heavy atom. The molecule has 0 aromatic carbocycles. The summed E-state index contributed by atoms with van der Waals surface area (Å²) in [6.07, 6.45) is 4.98. The summed E-state index contributed by atoms with van der Waals surface area (Å²) in [5, 5.41) is 1.17. The summed E-state index contributed by atoms with van der Waals surface area (Å²) in [6.45, 7) is 7.94. The van der Waals surface area contributed by atoms with E-state index in [0.29, 0.717) is 0 Å². The molecule has 1 fully saturated rings. The third kappa shape index (κ3) is 3.28. The first-order chi connectivity index (χ1) is 13.5. The van der Waals surface area contributed by atoms with Gasteiger partial charge in [0.2, 0.25) is 5.91 Å². The van der Waals surface area contributed by atoms with Crippen LogP contribution in [0.25, 0.3) is 10.2 Å². The lowest BCUT2D eigenvalue weighted by Gasteiger charge is -2.35. The van der Waals surface area contributed by atoms with Crippen LogP contribution in [0.3, 0.4) is 0 Å². The summed E-state index contributed by atoms with van der Waals surface area (Å²) in [6, 6.07) is 3.72. The van der Waals surface area contributed by atoms with Crippen molar-refractivity contribution in [1.29, 1.82) is 0 Å². The van der Waals surface area contributed by atoms with Crippen LogP contribution in [-0.4, -0.2) is 40.9 Å². The van der Waals surface area contributed by atoms with Gasteiger partial charge in [0.1, 0.15) is 22.7 Å². The van der Waals surface area contributed by atoms with Gasteiger partial charge in [0, 0.05) is 30.9 Å². The molecule has 0 saturated carbocycles. The molecule has 3 aromatic rings. The third-order valence-electron chi connectivity index (χ3n) is 5.97. The molecule has 0 aliphatic carbocycles. The lowest BCUT2D eigenvalue weighted by Crippen LogP contribution is -2.42. The van der Waals surface area contributed by atoms with Crippen molar-refractivity contribution in [2.75, 3.05) is 25.0 Å². The average molecular weight is 399 g/mol. The van der Waals surface area contributed by atoms with Crippen molar-refractivity contribution < 1.29 is 9.21 Å². The molecule has 1 amide bonds. The van der Waals surface area contributed by atoms with E-state index >= 15 is 0 Å². The zero-order chi connectivity index (χ0) is 19.8. The number of carbonyl (C=O) groups excluding carboxylic acids is 1. The molecule has 0 radical (unpaired) electrons. The van der Waals surface area contributed by atoms with Crippen molar-refractivity contribution in [3.8, 4) is 0 Å². The van der Waals surface area contributed by atoms with Crippen LogP contribution < -0.4 is 4.90 Å². The number of hydrogen-bond donors (Lipinski definition) is 0. The maximum Gasteiger partial charge on any atom is 0.226 e. The van der Waals surface area contributed by atoms with E-state index in [0.717, 1.165) is 42.3 Å². The highest BCUT2D eigenvalue weighted by Crippen LogP contribution is 2.36. The quantitative estimate of drug-likeness (QED) is 0.654. The van der Waals surface area contributed by atoms with Gasteiger partial charge in [-0.15, -0.1) is 11.3 Å². The standard InChI is InChI=1S/C21H26N4O2S/c1-13-15(3)28-20-18(13)19(22-12-23-20)25-9-7-16(8-10-25)21(26)24(4)14(2)17-6-5-11-27-17/h5-6,11-12,14,16H,7-10H2,1-4H3. The Bertz CT molecular complexity index is 974. The fraction of sp³-hybridized carbons (Fsp3) is 0.476. The van der Waals surface area contributed by atoms with E-state index in [2.05, 4.69) is 28.7 Å². The van der Waals surface area contributed by atoms with E-state index in [1.54, 1.807) is 23.9 Å². The fourth-order valence-corrected chi connectivity index (χ4v) is 4.93. The minimum Gasteiger partial charge on any atom is -0.467 e. The number of hydrogen-bond acceptors (Lipinski definition) is 6. The molecule has 7 heteroatoms. The Morgan fingerprint density at radius 3 is 2.75 bits per heavy atom. The largest absolute Gasteiger partial charge is 0.467 e. The van der Waals surface area contributed by atoms with Crippen molar-refractivity contribution in [2.24, 2.45) is 5.92 Å². The van der Waals surface area contributed by atoms with Gasteiger partial charge in [0.05, 0.1) is 17.7 Å². The number of carbonyl (C=O) groups is 1. The molecule has 1 aliphatic heterocycles. The van der Waals surface area contributed by atoms with Gasteiger partial charge in [-0.05, 0) is 51.3 Å². The topological polar surface area (TPSA) is 62.5 Å². The molecule has 28 heavy (non-hydrogen) atoms. The van der Waals surface area contributed by atoms with Crippen molar-refractivity contribution in [1.82, 2.24) is 14.9 Å². The highest BCUT2D eigenvalue weighted by atomic mass is 32.1. The molecule has 0 bridgehead atoms. The van der Waals surface area contributed by atoms with Crippen LogP contribution in [0.1, 0.15) is 42.0 Å². The van der Waals surface area contributed by atoms with Crippen LogP contribution in [0.4, 0.5) is 5.82 Å². The third-order valence-corrected chi connectivity index (χ3v) is 7.09. The Balaban J connectivity index is 1.46. The second-order valence-corrected chi connectivity index (χ2v) is 8.77. The molecule has 1 unspecified atom stereocenters. The first kappa shape index (κ1) is 18.9. The highest BCUT2D eigenvalue weighted by Gasteiger charge is 2.31. The number of aromatic nitrogens is 2. The molecule has 1 aliphatic rings. The summed E-state index contributed by atoms with van der Waals surface area (Å²) >= 11 is 1.72. The normalized spacial score (nSPS) is 16.5. The van der Waals surface area contributed by atoms with Gasteiger partial charge in [0.15, 0.2) is 0 Å². The molecule has 6 nitrogen and oxygen atoms in total. The summed E-state index contributed by atoms with van der Waals surface area (Å²) < 4.78 is 5.47. The number of thiophene rings is 1. The molecule has 3 aromatic heterocycles. The maximum absolute atomic E-state index is 13.0. The van der Waals surface area contributed by atoms with Crippen molar-refractivity contribution in [2.45, 2.75) is 39.7 Å². The van der Waals surface area contributed by atoms with E-state index in [1.165, 1.54) is 15.8 Å². The second kappa shape index (κ2) is 7.54. The van der Waals surface area contributed by atoms with Crippen LogP contribution in [0.2, 0.25) is 0 Å². The summed E-state index contributed by atoms with van der Waals surface area (Å²) in [7, 11) is 1.87. The van der Waals surface area contributed by atoms with Crippen molar-refractivity contribution in [3.05, 3.63) is 40.9 Å². The van der Waals surface area contributed by atoms with E-state index in [4.69, 9.17) is 4.42 Å². The number of aryl methyl sites for hydroxylation is 2. The summed E-state index contributed by atoms with van der Waals surface area (Å²) in [4.78, 5) is 28.5. The van der Waals surface area contributed by atoms with Gasteiger partial charge < -0.3 is 14.2 Å². The second-order valence-electron chi connectivity index (χ2n) is 7.56. The van der Waals surface area contributed by atoms with Crippen LogP contribution in [0.15, 0.2) is 29.1 Å². The fourth-order valence-electron chi connectivity index (χ4n) is 3.94. The number of furan rings is 1. The SMILES string of the molecule is Cc1sc2ncnc(N3CCC(C(=O)N(C)C(C)c4ccco4)CC3)c2c1C.